The standard InChI is InChI=1S/C10H7Cl2N3O4S/c11-5-1-2-8(7(12)3-5)15-20(18,19)9-6(10(16)17)4-13-14-9/h1-4,15H,(H,13,14)(H,16,17). The molecule has 2 rings (SSSR count). The number of carboxylic acids is 1. The number of anilines is 1. The van der Waals surface area contributed by atoms with Gasteiger partial charge in [0.1, 0.15) is 5.56 Å². The number of carbonyl (C=O) groups is 1. The lowest BCUT2D eigenvalue weighted by Gasteiger charge is -2.08. The van der Waals surface area contributed by atoms with E-state index in [2.05, 4.69) is 14.9 Å². The van der Waals surface area contributed by atoms with Crippen molar-refractivity contribution >= 4 is 44.9 Å². The van der Waals surface area contributed by atoms with Gasteiger partial charge in [-0.15, -0.1) is 0 Å². The SMILES string of the molecule is O=C(O)c1cn[nH]c1S(=O)(=O)Nc1ccc(Cl)cc1Cl. The van der Waals surface area contributed by atoms with Gasteiger partial charge in [0.2, 0.25) is 0 Å². The fourth-order valence-corrected chi connectivity index (χ4v) is 3.08. The molecule has 20 heavy (non-hydrogen) atoms. The number of aromatic carboxylic acids is 1. The Balaban J connectivity index is 2.41. The summed E-state index contributed by atoms with van der Waals surface area (Å²) in [5.41, 5.74) is -0.399. The molecule has 7 nitrogen and oxygen atoms in total. The minimum Gasteiger partial charge on any atom is -0.478 e. The summed E-state index contributed by atoms with van der Waals surface area (Å²) in [5.74, 6) is -1.42. The number of nitrogens with one attached hydrogen (secondary N) is 2. The summed E-state index contributed by atoms with van der Waals surface area (Å²) in [6.45, 7) is 0. The van der Waals surface area contributed by atoms with E-state index in [0.717, 1.165) is 6.20 Å². The molecule has 106 valence electrons. The highest BCUT2D eigenvalue weighted by atomic mass is 35.5. The molecular formula is C10H7Cl2N3O4S. The maximum absolute atomic E-state index is 12.1. The zero-order valence-electron chi connectivity index (χ0n) is 9.59. The van der Waals surface area contributed by atoms with Crippen molar-refractivity contribution in [1.29, 1.82) is 0 Å². The van der Waals surface area contributed by atoms with Crippen LogP contribution >= 0.6 is 23.2 Å². The number of halogens is 2. The summed E-state index contributed by atoms with van der Waals surface area (Å²) >= 11 is 11.5. The Kier molecular flexibility index (Phi) is 3.89. The van der Waals surface area contributed by atoms with Crippen LogP contribution in [0.1, 0.15) is 10.4 Å². The molecule has 0 unspecified atom stereocenters. The molecule has 0 saturated carbocycles. The highest BCUT2D eigenvalue weighted by molar-refractivity contribution is 7.92. The molecule has 0 aliphatic rings. The van der Waals surface area contributed by atoms with Gasteiger partial charge < -0.3 is 5.11 Å². The number of rotatable bonds is 4. The summed E-state index contributed by atoms with van der Waals surface area (Å²) in [6, 6.07) is 4.15. The minimum atomic E-state index is -4.16. The van der Waals surface area contributed by atoms with Crippen molar-refractivity contribution in [2.45, 2.75) is 5.03 Å². The molecular weight excluding hydrogens is 329 g/mol. The number of H-pyrrole nitrogens is 1. The normalized spacial score (nSPS) is 11.3. The van der Waals surface area contributed by atoms with E-state index in [9.17, 15) is 13.2 Å². The van der Waals surface area contributed by atoms with Gasteiger partial charge in [-0.25, -0.2) is 4.79 Å². The Hall–Kier alpha value is -1.77. The van der Waals surface area contributed by atoms with Crippen molar-refractivity contribution in [2.24, 2.45) is 0 Å². The van der Waals surface area contributed by atoms with Crippen molar-refractivity contribution in [3.63, 3.8) is 0 Å². The quantitative estimate of drug-likeness (QED) is 0.792. The molecule has 1 heterocycles. The monoisotopic (exact) mass is 335 g/mol. The van der Waals surface area contributed by atoms with E-state index in [1.165, 1.54) is 18.2 Å². The fourth-order valence-electron chi connectivity index (χ4n) is 1.40. The van der Waals surface area contributed by atoms with Crippen LogP contribution in [0.25, 0.3) is 0 Å². The zero-order valence-corrected chi connectivity index (χ0v) is 11.9. The summed E-state index contributed by atoms with van der Waals surface area (Å²) in [4.78, 5) is 10.9. The fraction of sp³-hybridized carbons (Fsp3) is 0. The molecule has 1 aromatic carbocycles. The van der Waals surface area contributed by atoms with E-state index in [1.54, 1.807) is 0 Å². The van der Waals surface area contributed by atoms with Crippen molar-refractivity contribution < 1.29 is 18.3 Å². The molecule has 0 amide bonds. The number of sulfonamides is 1. The van der Waals surface area contributed by atoms with Gasteiger partial charge in [0.05, 0.1) is 16.9 Å². The van der Waals surface area contributed by atoms with Crippen LogP contribution in [0.3, 0.4) is 0 Å². The predicted octanol–water partition coefficient (Wildman–Crippen LogP) is 2.22. The van der Waals surface area contributed by atoms with Gasteiger partial charge in [0, 0.05) is 5.02 Å². The van der Waals surface area contributed by atoms with Crippen LogP contribution in [0.15, 0.2) is 29.4 Å². The molecule has 0 saturated heterocycles. The van der Waals surface area contributed by atoms with E-state index < -0.39 is 26.6 Å². The van der Waals surface area contributed by atoms with Crippen LogP contribution in [0.5, 0.6) is 0 Å². The molecule has 10 heteroatoms. The number of benzene rings is 1. The van der Waals surface area contributed by atoms with Crippen molar-refractivity contribution in [1.82, 2.24) is 10.2 Å². The maximum atomic E-state index is 12.1. The van der Waals surface area contributed by atoms with Crippen LogP contribution in [0, 0.1) is 0 Å². The Bertz CT molecular complexity index is 773. The summed E-state index contributed by atoms with van der Waals surface area (Å²) in [7, 11) is -4.16. The van der Waals surface area contributed by atoms with Crippen molar-refractivity contribution in [3.8, 4) is 0 Å². The van der Waals surface area contributed by atoms with Gasteiger partial charge in [-0.1, -0.05) is 23.2 Å². The first-order valence-electron chi connectivity index (χ1n) is 5.06. The van der Waals surface area contributed by atoms with Crippen LogP contribution in [-0.4, -0.2) is 29.7 Å². The minimum absolute atomic E-state index is 0.0713. The first-order valence-corrected chi connectivity index (χ1v) is 7.29. The van der Waals surface area contributed by atoms with Crippen LogP contribution < -0.4 is 4.72 Å². The number of hydrogen-bond donors (Lipinski definition) is 3. The first kappa shape index (κ1) is 14.6. The molecule has 0 aliphatic heterocycles. The Morgan fingerprint density at radius 2 is 2.05 bits per heavy atom. The second-order valence-corrected chi connectivity index (χ2v) is 6.11. The molecule has 0 bridgehead atoms. The average Bonchev–Trinajstić information content (AvgIpc) is 2.82. The summed E-state index contributed by atoms with van der Waals surface area (Å²) < 4.78 is 26.3. The van der Waals surface area contributed by atoms with E-state index in [4.69, 9.17) is 28.3 Å². The maximum Gasteiger partial charge on any atom is 0.340 e. The lowest BCUT2D eigenvalue weighted by molar-refractivity contribution is 0.0692. The van der Waals surface area contributed by atoms with Crippen LogP contribution in [-0.2, 0) is 10.0 Å². The van der Waals surface area contributed by atoms with Gasteiger partial charge in [0.15, 0.2) is 5.03 Å². The smallest absolute Gasteiger partial charge is 0.340 e. The Morgan fingerprint density at radius 1 is 1.35 bits per heavy atom. The van der Waals surface area contributed by atoms with Gasteiger partial charge in [-0.3, -0.25) is 9.82 Å². The van der Waals surface area contributed by atoms with Crippen LogP contribution in [0.4, 0.5) is 5.69 Å². The van der Waals surface area contributed by atoms with E-state index in [1.807, 2.05) is 0 Å². The lowest BCUT2D eigenvalue weighted by atomic mass is 10.3. The molecule has 0 fully saturated rings. The summed E-state index contributed by atoms with van der Waals surface area (Å²) in [5, 5.41) is 14.3. The number of nitrogens with zero attached hydrogens (tertiary/aromatic N) is 1. The topological polar surface area (TPSA) is 112 Å². The van der Waals surface area contributed by atoms with E-state index >= 15 is 0 Å². The van der Waals surface area contributed by atoms with E-state index in [-0.39, 0.29) is 10.7 Å². The third-order valence-electron chi connectivity index (χ3n) is 2.28. The third kappa shape index (κ3) is 2.87. The molecule has 0 aliphatic carbocycles. The second kappa shape index (κ2) is 5.31. The molecule has 0 spiro atoms. The van der Waals surface area contributed by atoms with Crippen molar-refractivity contribution in [3.05, 3.63) is 40.0 Å². The number of hydrogen-bond acceptors (Lipinski definition) is 4. The predicted molar refractivity (Wildman–Crippen MR) is 72.8 cm³/mol. The second-order valence-electron chi connectivity index (χ2n) is 3.65. The largest absolute Gasteiger partial charge is 0.478 e. The van der Waals surface area contributed by atoms with Gasteiger partial charge >= 0.3 is 5.97 Å². The lowest BCUT2D eigenvalue weighted by Crippen LogP contribution is -2.16. The molecule has 1 aromatic heterocycles. The highest BCUT2D eigenvalue weighted by Crippen LogP contribution is 2.27. The zero-order chi connectivity index (χ0) is 14.9. The Labute approximate surface area is 123 Å². The van der Waals surface area contributed by atoms with Crippen molar-refractivity contribution in [2.75, 3.05) is 4.72 Å². The highest BCUT2D eigenvalue weighted by Gasteiger charge is 2.25. The first-order chi connectivity index (χ1) is 9.31. The number of aromatic nitrogens is 2. The van der Waals surface area contributed by atoms with Gasteiger partial charge in [-0.2, -0.15) is 13.5 Å². The molecule has 0 atom stereocenters. The molecule has 3 N–H and O–H groups in total. The average molecular weight is 336 g/mol. The summed E-state index contributed by atoms with van der Waals surface area (Å²) in [6.07, 6.45) is 0.903. The number of aromatic amines is 1. The van der Waals surface area contributed by atoms with Gasteiger partial charge in [-0.05, 0) is 18.2 Å². The third-order valence-corrected chi connectivity index (χ3v) is 4.16. The van der Waals surface area contributed by atoms with Gasteiger partial charge in [0.25, 0.3) is 10.0 Å². The van der Waals surface area contributed by atoms with Crippen LogP contribution in [0.2, 0.25) is 10.0 Å². The Morgan fingerprint density at radius 3 is 2.65 bits per heavy atom. The molecule has 0 radical (unpaired) electrons. The number of carboxylic acid groups (broad SMARTS) is 1. The van der Waals surface area contributed by atoms with E-state index in [0.29, 0.717) is 5.02 Å². The molecule has 2 aromatic rings.